The number of carboxylic acids is 1. The highest BCUT2D eigenvalue weighted by Gasteiger charge is 2.43. The summed E-state index contributed by atoms with van der Waals surface area (Å²) in [7, 11) is 0. The molecular formula is C18H27N4O8S-. The topological polar surface area (TPSA) is 176 Å². The SMILES string of the molecule is [CH2-]COCCn1cc(CSC[C@@H](O)[C@@H](O)[C@@H]2OC(C(=O)O)=C[C@H](O)[C@H]2NC(C)=O)nn1. The van der Waals surface area contributed by atoms with Gasteiger partial charge in [0.1, 0.15) is 12.2 Å². The van der Waals surface area contributed by atoms with Gasteiger partial charge >= 0.3 is 5.97 Å². The van der Waals surface area contributed by atoms with E-state index in [1.165, 1.54) is 18.7 Å². The molecule has 0 radical (unpaired) electrons. The third kappa shape index (κ3) is 7.47. The fourth-order valence-corrected chi connectivity index (χ4v) is 3.79. The summed E-state index contributed by atoms with van der Waals surface area (Å²) in [6.45, 7) is 6.13. The second-order valence-corrected chi connectivity index (χ2v) is 7.82. The molecular weight excluding hydrogens is 432 g/mol. The molecule has 13 heteroatoms. The molecule has 0 spiro atoms. The summed E-state index contributed by atoms with van der Waals surface area (Å²) in [5.41, 5.74) is 0.665. The Morgan fingerprint density at radius 1 is 1.45 bits per heavy atom. The lowest BCUT2D eigenvalue weighted by atomic mass is 9.94. The monoisotopic (exact) mass is 459 g/mol. The lowest BCUT2D eigenvalue weighted by Gasteiger charge is -2.38. The van der Waals surface area contributed by atoms with Crippen molar-refractivity contribution in [2.75, 3.05) is 19.0 Å². The molecule has 1 aromatic heterocycles. The van der Waals surface area contributed by atoms with E-state index in [1.54, 1.807) is 10.9 Å². The number of thioether (sulfide) groups is 1. The first kappa shape index (κ1) is 25.1. The van der Waals surface area contributed by atoms with E-state index in [0.717, 1.165) is 6.08 Å². The Hall–Kier alpha value is -2.19. The van der Waals surface area contributed by atoms with Crippen molar-refractivity contribution < 1.29 is 39.5 Å². The van der Waals surface area contributed by atoms with E-state index < -0.39 is 48.1 Å². The van der Waals surface area contributed by atoms with Crippen LogP contribution in [0.1, 0.15) is 12.6 Å². The average molecular weight is 460 g/mol. The number of nitrogens with one attached hydrogen (secondary N) is 1. The molecule has 5 N–H and O–H groups in total. The smallest absolute Gasteiger partial charge is 0.370 e. The molecule has 5 atom stereocenters. The molecule has 12 nitrogen and oxygen atoms in total. The molecule has 1 aliphatic rings. The molecule has 0 fully saturated rings. The maximum absolute atomic E-state index is 11.4. The molecule has 0 unspecified atom stereocenters. The number of ether oxygens (including phenoxy) is 2. The number of aliphatic carboxylic acids is 1. The predicted molar refractivity (Wildman–Crippen MR) is 109 cm³/mol. The van der Waals surface area contributed by atoms with Gasteiger partial charge in [0.25, 0.3) is 0 Å². The summed E-state index contributed by atoms with van der Waals surface area (Å²) in [5, 5.41) is 50.6. The summed E-state index contributed by atoms with van der Waals surface area (Å²) in [4.78, 5) is 22.7. The first-order valence-corrected chi connectivity index (χ1v) is 10.6. The van der Waals surface area contributed by atoms with Crippen molar-refractivity contribution in [3.63, 3.8) is 0 Å². The molecule has 31 heavy (non-hydrogen) atoms. The van der Waals surface area contributed by atoms with Crippen molar-refractivity contribution in [2.24, 2.45) is 0 Å². The normalized spacial score (nSPS) is 22.9. The largest absolute Gasteiger partial charge is 0.478 e. The second-order valence-electron chi connectivity index (χ2n) is 6.79. The Morgan fingerprint density at radius 2 is 2.19 bits per heavy atom. The van der Waals surface area contributed by atoms with Gasteiger partial charge in [-0.15, -0.1) is 5.10 Å². The number of carbonyl (C=O) groups is 2. The molecule has 2 heterocycles. The Morgan fingerprint density at radius 3 is 2.84 bits per heavy atom. The molecule has 1 amide bonds. The number of carbonyl (C=O) groups excluding carboxylic acids is 1. The van der Waals surface area contributed by atoms with Gasteiger partial charge in [-0.1, -0.05) is 11.8 Å². The van der Waals surface area contributed by atoms with Crippen LogP contribution >= 0.6 is 11.8 Å². The lowest BCUT2D eigenvalue weighted by Crippen LogP contribution is -2.59. The third-order valence-corrected chi connectivity index (χ3v) is 5.43. The number of aliphatic hydroxyl groups excluding tert-OH is 3. The van der Waals surface area contributed by atoms with E-state index in [9.17, 15) is 24.9 Å². The number of carboxylic acid groups (broad SMARTS) is 1. The van der Waals surface area contributed by atoms with Gasteiger partial charge in [0.15, 0.2) is 6.10 Å². The van der Waals surface area contributed by atoms with Gasteiger partial charge in [-0.25, -0.2) is 9.48 Å². The standard InChI is InChI=1S/C18H27N4O8S/c1-3-29-5-4-22-7-11(20-21-22)8-31-9-13(25)16(26)17-15(19-10(2)23)12(24)6-14(30-17)18(27)28/h6-7,12-13,15-17,24-26H,1,3-5,8-9H2,2H3,(H,19,23)(H,27,28)/q-1/t12-,13+,15+,16+,17+/m0/s1. The Labute approximate surface area is 183 Å². The number of nitrogens with zero attached hydrogens (tertiary/aromatic N) is 3. The van der Waals surface area contributed by atoms with Crippen LogP contribution in [-0.2, 0) is 31.4 Å². The van der Waals surface area contributed by atoms with Crippen LogP contribution in [0, 0.1) is 6.92 Å². The number of amides is 1. The summed E-state index contributed by atoms with van der Waals surface area (Å²) < 4.78 is 12.0. The molecule has 0 bridgehead atoms. The number of hydrogen-bond donors (Lipinski definition) is 5. The van der Waals surface area contributed by atoms with E-state index in [1.807, 2.05) is 0 Å². The highest BCUT2D eigenvalue weighted by atomic mass is 32.2. The molecule has 1 aromatic rings. The van der Waals surface area contributed by atoms with E-state index in [2.05, 4.69) is 22.6 Å². The zero-order valence-electron chi connectivity index (χ0n) is 17.0. The zero-order chi connectivity index (χ0) is 23.0. The van der Waals surface area contributed by atoms with Crippen LogP contribution < -0.4 is 5.32 Å². The minimum atomic E-state index is -1.57. The van der Waals surface area contributed by atoms with Crippen molar-refractivity contribution in [2.45, 2.75) is 49.7 Å². The van der Waals surface area contributed by atoms with Gasteiger partial charge in [-0.05, 0) is 6.08 Å². The van der Waals surface area contributed by atoms with Crippen LogP contribution in [0.25, 0.3) is 0 Å². The Kier molecular flexibility index (Phi) is 9.71. The van der Waals surface area contributed by atoms with Gasteiger partial charge in [-0.2, -0.15) is 11.8 Å². The Balaban J connectivity index is 1.92. The van der Waals surface area contributed by atoms with Gasteiger partial charge in [0, 0.05) is 24.6 Å². The maximum Gasteiger partial charge on any atom is 0.370 e. The molecule has 174 valence electrons. The molecule has 0 aromatic carbocycles. The van der Waals surface area contributed by atoms with Crippen molar-refractivity contribution in [1.82, 2.24) is 20.3 Å². The van der Waals surface area contributed by atoms with E-state index in [-0.39, 0.29) is 5.75 Å². The quantitative estimate of drug-likeness (QED) is 0.178. The van der Waals surface area contributed by atoms with Gasteiger partial charge in [0.2, 0.25) is 11.7 Å². The molecule has 2 rings (SSSR count). The van der Waals surface area contributed by atoms with Crippen LogP contribution in [0.15, 0.2) is 18.0 Å². The number of aromatic nitrogens is 3. The van der Waals surface area contributed by atoms with Crippen molar-refractivity contribution in [3.8, 4) is 0 Å². The van der Waals surface area contributed by atoms with Gasteiger partial charge in [0.05, 0.1) is 31.0 Å². The lowest BCUT2D eigenvalue weighted by molar-refractivity contribution is -0.147. The minimum Gasteiger partial charge on any atom is -0.478 e. The van der Waals surface area contributed by atoms with Gasteiger partial charge in [-0.3, -0.25) is 4.79 Å². The van der Waals surface area contributed by atoms with Crippen LogP contribution in [0.5, 0.6) is 0 Å². The predicted octanol–water partition coefficient (Wildman–Crippen LogP) is -1.68. The van der Waals surface area contributed by atoms with Crippen LogP contribution in [0.2, 0.25) is 0 Å². The first-order chi connectivity index (χ1) is 14.7. The third-order valence-electron chi connectivity index (χ3n) is 4.35. The van der Waals surface area contributed by atoms with Crippen molar-refractivity contribution in [1.29, 1.82) is 0 Å². The number of rotatable bonds is 12. The summed E-state index contributed by atoms with van der Waals surface area (Å²) >= 11 is 1.27. The number of aliphatic hydroxyl groups is 3. The van der Waals surface area contributed by atoms with E-state index in [4.69, 9.17) is 14.6 Å². The molecule has 1 aliphatic heterocycles. The fourth-order valence-electron chi connectivity index (χ4n) is 2.89. The maximum atomic E-state index is 11.4. The summed E-state index contributed by atoms with van der Waals surface area (Å²) in [5.74, 6) is -2.05. The van der Waals surface area contributed by atoms with Crippen LogP contribution in [-0.4, -0.2) is 96.7 Å². The molecule has 0 aliphatic carbocycles. The Bertz CT molecular complexity index is 773. The average Bonchev–Trinajstić information content (AvgIpc) is 3.16. The van der Waals surface area contributed by atoms with Crippen LogP contribution in [0.4, 0.5) is 0 Å². The second kappa shape index (κ2) is 12.0. The fraction of sp³-hybridized carbons (Fsp3) is 0.611. The first-order valence-electron chi connectivity index (χ1n) is 9.49. The van der Waals surface area contributed by atoms with E-state index in [0.29, 0.717) is 31.2 Å². The van der Waals surface area contributed by atoms with Crippen LogP contribution in [0.3, 0.4) is 0 Å². The summed E-state index contributed by atoms with van der Waals surface area (Å²) in [6.07, 6.45) is -3.01. The molecule has 0 saturated heterocycles. The minimum absolute atomic E-state index is 0.0630. The zero-order valence-corrected chi connectivity index (χ0v) is 17.8. The summed E-state index contributed by atoms with van der Waals surface area (Å²) in [6, 6.07) is -1.13. The van der Waals surface area contributed by atoms with Gasteiger partial charge < -0.3 is 42.1 Å². The number of hydrogen-bond acceptors (Lipinski definition) is 10. The van der Waals surface area contributed by atoms with Crippen molar-refractivity contribution in [3.05, 3.63) is 30.6 Å². The highest BCUT2D eigenvalue weighted by molar-refractivity contribution is 7.98. The highest BCUT2D eigenvalue weighted by Crippen LogP contribution is 2.24. The van der Waals surface area contributed by atoms with Crippen molar-refractivity contribution >= 4 is 23.6 Å². The molecule has 0 saturated carbocycles. The van der Waals surface area contributed by atoms with E-state index >= 15 is 0 Å².